The Morgan fingerprint density at radius 2 is 1.59 bits per heavy atom. The first-order valence-electron chi connectivity index (χ1n) is 9.77. The fourth-order valence-electron chi connectivity index (χ4n) is 3.10. The van der Waals surface area contributed by atoms with Crippen molar-refractivity contribution in [2.24, 2.45) is 4.99 Å². The number of nitrogens with one attached hydrogen (secondary N) is 3. The summed E-state index contributed by atoms with van der Waals surface area (Å²) in [6, 6.07) is 13.8. The van der Waals surface area contributed by atoms with Crippen LogP contribution < -0.4 is 15.4 Å². The van der Waals surface area contributed by atoms with E-state index in [0.717, 1.165) is 11.1 Å². The van der Waals surface area contributed by atoms with Gasteiger partial charge in [-0.1, -0.05) is 48.0 Å². The summed E-state index contributed by atoms with van der Waals surface area (Å²) in [6.45, 7) is 8.97. The lowest BCUT2D eigenvalue weighted by Crippen LogP contribution is -2.37. The van der Waals surface area contributed by atoms with E-state index in [1.165, 1.54) is 16.7 Å². The molecule has 0 unspecified atom stereocenters. The van der Waals surface area contributed by atoms with Gasteiger partial charge in [-0.3, -0.25) is 4.99 Å². The molecule has 0 heterocycles. The maximum absolute atomic E-state index is 12.3. The third-order valence-corrected chi connectivity index (χ3v) is 6.02. The van der Waals surface area contributed by atoms with Gasteiger partial charge in [0, 0.05) is 26.2 Å². The quantitative estimate of drug-likeness (QED) is 0.456. The fraction of sp³-hybridized carbons (Fsp3) is 0.409. The van der Waals surface area contributed by atoms with Crippen molar-refractivity contribution in [2.75, 3.05) is 7.05 Å². The largest absolute Gasteiger partial charge is 0.352 e. The molecular formula is C22H32N4O2S. The maximum atomic E-state index is 12.3. The standard InChI is InChI=1S/C22H32N4O2S/c1-16(2)26-29(27,28)15-21-9-7-6-8-20(21)14-25-22(23-5)24-13-19-11-10-17(3)12-18(19)4/h6-12,16,26H,13-15H2,1-5H3,(H2,23,24,25). The molecule has 0 saturated heterocycles. The van der Waals surface area contributed by atoms with E-state index in [0.29, 0.717) is 19.0 Å². The normalized spacial score (nSPS) is 12.3. The highest BCUT2D eigenvalue weighted by Gasteiger charge is 2.15. The summed E-state index contributed by atoms with van der Waals surface area (Å²) in [5.74, 6) is 0.625. The summed E-state index contributed by atoms with van der Waals surface area (Å²) in [7, 11) is -1.66. The van der Waals surface area contributed by atoms with Crippen LogP contribution in [0.5, 0.6) is 0 Å². The van der Waals surface area contributed by atoms with Crippen molar-refractivity contribution in [3.63, 3.8) is 0 Å². The van der Waals surface area contributed by atoms with Gasteiger partial charge in [0.05, 0.1) is 5.75 Å². The van der Waals surface area contributed by atoms with E-state index in [9.17, 15) is 8.42 Å². The van der Waals surface area contributed by atoms with Crippen molar-refractivity contribution in [3.05, 3.63) is 70.3 Å². The second-order valence-electron chi connectivity index (χ2n) is 7.51. The minimum atomic E-state index is -3.38. The highest BCUT2D eigenvalue weighted by atomic mass is 32.2. The summed E-state index contributed by atoms with van der Waals surface area (Å²) >= 11 is 0. The molecule has 0 aliphatic rings. The molecule has 0 aliphatic heterocycles. The number of hydrogen-bond acceptors (Lipinski definition) is 3. The van der Waals surface area contributed by atoms with E-state index in [4.69, 9.17) is 0 Å². The molecule has 0 bridgehead atoms. The second kappa shape index (κ2) is 10.4. The molecule has 0 radical (unpaired) electrons. The summed E-state index contributed by atoms with van der Waals surface area (Å²) < 4.78 is 27.2. The number of benzene rings is 2. The third-order valence-electron chi connectivity index (χ3n) is 4.49. The van der Waals surface area contributed by atoms with Crippen molar-refractivity contribution in [1.29, 1.82) is 0 Å². The molecule has 2 rings (SSSR count). The monoisotopic (exact) mass is 416 g/mol. The lowest BCUT2D eigenvalue weighted by Gasteiger charge is -2.16. The van der Waals surface area contributed by atoms with Crippen molar-refractivity contribution in [3.8, 4) is 0 Å². The molecule has 6 nitrogen and oxygen atoms in total. The Hall–Kier alpha value is -2.38. The van der Waals surface area contributed by atoms with Crippen LogP contribution >= 0.6 is 0 Å². The Labute approximate surface area is 174 Å². The average Bonchev–Trinajstić information content (AvgIpc) is 2.63. The van der Waals surface area contributed by atoms with E-state index in [1.807, 2.05) is 38.1 Å². The first-order chi connectivity index (χ1) is 13.7. The van der Waals surface area contributed by atoms with Crippen LogP contribution in [0.3, 0.4) is 0 Å². The highest BCUT2D eigenvalue weighted by Crippen LogP contribution is 2.13. The summed E-state index contributed by atoms with van der Waals surface area (Å²) in [5, 5.41) is 6.60. The molecule has 0 amide bonds. The van der Waals surface area contributed by atoms with Gasteiger partial charge in [-0.05, 0) is 49.9 Å². The van der Waals surface area contributed by atoms with Crippen molar-refractivity contribution >= 4 is 16.0 Å². The number of aliphatic imine (C=N–C) groups is 1. The summed E-state index contributed by atoms with van der Waals surface area (Å²) in [5.41, 5.74) is 5.40. The summed E-state index contributed by atoms with van der Waals surface area (Å²) in [4.78, 5) is 4.27. The Morgan fingerprint density at radius 1 is 0.966 bits per heavy atom. The van der Waals surface area contributed by atoms with Gasteiger partial charge in [-0.25, -0.2) is 13.1 Å². The first-order valence-corrected chi connectivity index (χ1v) is 11.4. The van der Waals surface area contributed by atoms with Crippen LogP contribution in [0.2, 0.25) is 0 Å². The van der Waals surface area contributed by atoms with E-state index < -0.39 is 10.0 Å². The van der Waals surface area contributed by atoms with Crippen molar-refractivity contribution in [2.45, 2.75) is 52.6 Å². The smallest absolute Gasteiger partial charge is 0.216 e. The lowest BCUT2D eigenvalue weighted by molar-refractivity contribution is 0.568. The zero-order chi connectivity index (χ0) is 21.4. The van der Waals surface area contributed by atoms with Crippen LogP contribution in [0.1, 0.15) is 41.7 Å². The van der Waals surface area contributed by atoms with Gasteiger partial charge in [-0.2, -0.15) is 0 Å². The van der Waals surface area contributed by atoms with Crippen LogP contribution in [0.15, 0.2) is 47.5 Å². The SMILES string of the molecule is CN=C(NCc1ccc(C)cc1C)NCc1ccccc1CS(=O)(=O)NC(C)C. The van der Waals surface area contributed by atoms with Crippen LogP contribution in [0.25, 0.3) is 0 Å². The van der Waals surface area contributed by atoms with Crippen molar-refractivity contribution < 1.29 is 8.42 Å². The number of nitrogens with zero attached hydrogens (tertiary/aromatic N) is 1. The number of aryl methyl sites for hydroxylation is 2. The molecule has 158 valence electrons. The molecule has 3 N–H and O–H groups in total. The van der Waals surface area contributed by atoms with Crippen LogP contribution in [-0.4, -0.2) is 27.5 Å². The minimum Gasteiger partial charge on any atom is -0.352 e. The van der Waals surface area contributed by atoms with Crippen molar-refractivity contribution in [1.82, 2.24) is 15.4 Å². The van der Waals surface area contributed by atoms with Gasteiger partial charge in [-0.15, -0.1) is 0 Å². The zero-order valence-electron chi connectivity index (χ0n) is 17.9. The lowest BCUT2D eigenvalue weighted by atomic mass is 10.1. The van der Waals surface area contributed by atoms with Crippen LogP contribution in [0.4, 0.5) is 0 Å². The molecule has 0 saturated carbocycles. The second-order valence-corrected chi connectivity index (χ2v) is 9.26. The molecule has 0 aliphatic carbocycles. The zero-order valence-corrected chi connectivity index (χ0v) is 18.7. The maximum Gasteiger partial charge on any atom is 0.216 e. The molecule has 29 heavy (non-hydrogen) atoms. The first kappa shape index (κ1) is 22.9. The predicted molar refractivity (Wildman–Crippen MR) is 120 cm³/mol. The highest BCUT2D eigenvalue weighted by molar-refractivity contribution is 7.88. The van der Waals surface area contributed by atoms with Crippen LogP contribution in [0, 0.1) is 13.8 Å². The number of rotatable bonds is 8. The number of sulfonamides is 1. The van der Waals surface area contributed by atoms with Gasteiger partial charge in [0.1, 0.15) is 0 Å². The molecule has 2 aromatic rings. The van der Waals surface area contributed by atoms with Gasteiger partial charge in [0.2, 0.25) is 10.0 Å². The third kappa shape index (κ3) is 7.51. The molecule has 0 fully saturated rings. The fourth-order valence-corrected chi connectivity index (χ4v) is 4.59. The molecule has 2 aromatic carbocycles. The summed E-state index contributed by atoms with van der Waals surface area (Å²) in [6.07, 6.45) is 0. The van der Waals surface area contributed by atoms with Gasteiger partial charge in [0.15, 0.2) is 5.96 Å². The van der Waals surface area contributed by atoms with E-state index in [2.05, 4.69) is 52.4 Å². The molecule has 7 heteroatoms. The average molecular weight is 417 g/mol. The number of hydrogen-bond donors (Lipinski definition) is 3. The van der Waals surface area contributed by atoms with E-state index >= 15 is 0 Å². The van der Waals surface area contributed by atoms with E-state index in [-0.39, 0.29) is 11.8 Å². The van der Waals surface area contributed by atoms with Gasteiger partial charge in [0.25, 0.3) is 0 Å². The Morgan fingerprint density at radius 3 is 2.17 bits per heavy atom. The Balaban J connectivity index is 2.01. The molecule has 0 spiro atoms. The molecule has 0 atom stereocenters. The Bertz CT molecular complexity index is 953. The van der Waals surface area contributed by atoms with E-state index in [1.54, 1.807) is 7.05 Å². The molecule has 0 aromatic heterocycles. The Kier molecular flexibility index (Phi) is 8.22. The predicted octanol–water partition coefficient (Wildman–Crippen LogP) is 3.00. The topological polar surface area (TPSA) is 82.6 Å². The van der Waals surface area contributed by atoms with Gasteiger partial charge < -0.3 is 10.6 Å². The number of guanidine groups is 1. The van der Waals surface area contributed by atoms with Crippen LogP contribution in [-0.2, 0) is 28.9 Å². The molecular weight excluding hydrogens is 384 g/mol. The van der Waals surface area contributed by atoms with Gasteiger partial charge >= 0.3 is 0 Å². The minimum absolute atomic E-state index is 0.0440.